The van der Waals surface area contributed by atoms with Crippen LogP contribution in [0.3, 0.4) is 0 Å². The summed E-state index contributed by atoms with van der Waals surface area (Å²) >= 11 is 6.07. The summed E-state index contributed by atoms with van der Waals surface area (Å²) < 4.78 is 28.3. The first-order chi connectivity index (χ1) is 16.0. The SMILES string of the molecule is Cc1c(Cl)cccc1S(=O)(=O)Nc1cccc(-c2ccc(C(=O)NC(C(=O)O)C(C)C)cc2)c1. The van der Waals surface area contributed by atoms with Gasteiger partial charge in [0, 0.05) is 16.3 Å². The Bertz CT molecular complexity index is 1320. The summed E-state index contributed by atoms with van der Waals surface area (Å²) in [5, 5.41) is 12.2. The molecule has 0 radical (unpaired) electrons. The van der Waals surface area contributed by atoms with E-state index in [1.54, 1.807) is 75.4 Å². The van der Waals surface area contributed by atoms with E-state index in [1.165, 1.54) is 6.07 Å². The minimum Gasteiger partial charge on any atom is -0.480 e. The van der Waals surface area contributed by atoms with Crippen LogP contribution in [0.25, 0.3) is 11.1 Å². The average Bonchev–Trinajstić information content (AvgIpc) is 2.78. The predicted octanol–water partition coefficient (Wildman–Crippen LogP) is 4.96. The van der Waals surface area contributed by atoms with Crippen LogP contribution in [-0.2, 0) is 14.8 Å². The molecule has 3 aromatic carbocycles. The highest BCUT2D eigenvalue weighted by molar-refractivity contribution is 7.92. The van der Waals surface area contributed by atoms with E-state index in [1.807, 2.05) is 6.07 Å². The van der Waals surface area contributed by atoms with Crippen LogP contribution < -0.4 is 10.0 Å². The highest BCUT2D eigenvalue weighted by Gasteiger charge is 2.24. The number of halogens is 1. The Kier molecular flexibility index (Phi) is 7.64. The van der Waals surface area contributed by atoms with Gasteiger partial charge in [0.2, 0.25) is 0 Å². The number of carboxylic acids is 1. The summed E-state index contributed by atoms with van der Waals surface area (Å²) in [7, 11) is -3.84. The third kappa shape index (κ3) is 5.76. The molecule has 9 heteroatoms. The maximum Gasteiger partial charge on any atom is 0.326 e. The smallest absolute Gasteiger partial charge is 0.326 e. The summed E-state index contributed by atoms with van der Waals surface area (Å²) in [6.07, 6.45) is 0. The fourth-order valence-electron chi connectivity index (χ4n) is 3.40. The number of carbonyl (C=O) groups is 2. The van der Waals surface area contributed by atoms with E-state index < -0.39 is 27.9 Å². The largest absolute Gasteiger partial charge is 0.480 e. The molecule has 1 unspecified atom stereocenters. The lowest BCUT2D eigenvalue weighted by Gasteiger charge is -2.18. The number of carboxylic acid groups (broad SMARTS) is 1. The number of hydrogen-bond acceptors (Lipinski definition) is 4. The van der Waals surface area contributed by atoms with Gasteiger partial charge >= 0.3 is 5.97 Å². The van der Waals surface area contributed by atoms with Crippen LogP contribution >= 0.6 is 11.6 Å². The topological polar surface area (TPSA) is 113 Å². The zero-order valence-electron chi connectivity index (χ0n) is 18.9. The lowest BCUT2D eigenvalue weighted by Crippen LogP contribution is -2.44. The zero-order valence-corrected chi connectivity index (χ0v) is 20.4. The van der Waals surface area contributed by atoms with Crippen molar-refractivity contribution in [2.45, 2.75) is 31.7 Å². The fourth-order valence-corrected chi connectivity index (χ4v) is 4.95. The lowest BCUT2D eigenvalue weighted by atomic mass is 10.0. The Morgan fingerprint density at radius 3 is 2.21 bits per heavy atom. The molecule has 0 saturated carbocycles. The molecule has 0 spiro atoms. The maximum absolute atomic E-state index is 12.9. The Morgan fingerprint density at radius 2 is 1.59 bits per heavy atom. The van der Waals surface area contributed by atoms with Crippen molar-refractivity contribution in [1.29, 1.82) is 0 Å². The van der Waals surface area contributed by atoms with E-state index in [4.69, 9.17) is 11.6 Å². The molecule has 0 aliphatic rings. The number of hydrogen-bond donors (Lipinski definition) is 3. The van der Waals surface area contributed by atoms with Gasteiger partial charge in [-0.15, -0.1) is 0 Å². The van der Waals surface area contributed by atoms with Crippen LogP contribution in [0.5, 0.6) is 0 Å². The Labute approximate surface area is 203 Å². The lowest BCUT2D eigenvalue weighted by molar-refractivity contribution is -0.140. The summed E-state index contributed by atoms with van der Waals surface area (Å²) in [4.78, 5) is 23.9. The number of sulfonamides is 1. The highest BCUT2D eigenvalue weighted by atomic mass is 35.5. The summed E-state index contributed by atoms with van der Waals surface area (Å²) in [5.74, 6) is -1.83. The third-order valence-corrected chi connectivity index (χ3v) is 7.26. The summed E-state index contributed by atoms with van der Waals surface area (Å²) in [6.45, 7) is 5.08. The minimum absolute atomic E-state index is 0.0989. The second-order valence-corrected chi connectivity index (χ2v) is 10.2. The predicted molar refractivity (Wildman–Crippen MR) is 133 cm³/mol. The standard InChI is InChI=1S/C25H25ClN2O5S/c1-15(2)23(25(30)31)27-24(29)18-12-10-17(11-13-18)19-6-4-7-20(14-19)28-34(32,33)22-9-5-8-21(26)16(22)3/h4-15,23,28H,1-3H3,(H,27,29)(H,30,31). The molecule has 3 rings (SSSR count). The Morgan fingerprint density at radius 1 is 0.941 bits per heavy atom. The molecule has 34 heavy (non-hydrogen) atoms. The van der Waals surface area contributed by atoms with Crippen molar-refractivity contribution in [3.63, 3.8) is 0 Å². The molecule has 0 aliphatic heterocycles. The number of amides is 1. The van der Waals surface area contributed by atoms with Gasteiger partial charge < -0.3 is 10.4 Å². The van der Waals surface area contributed by atoms with Gasteiger partial charge in [0.05, 0.1) is 4.90 Å². The molecule has 0 heterocycles. The molecule has 0 fully saturated rings. The first-order valence-corrected chi connectivity index (χ1v) is 12.4. The van der Waals surface area contributed by atoms with E-state index in [0.29, 0.717) is 21.8 Å². The highest BCUT2D eigenvalue weighted by Crippen LogP contribution is 2.27. The van der Waals surface area contributed by atoms with Gasteiger partial charge in [0.25, 0.3) is 15.9 Å². The van der Waals surface area contributed by atoms with Crippen LogP contribution in [-0.4, -0.2) is 31.4 Å². The number of benzene rings is 3. The van der Waals surface area contributed by atoms with E-state index in [0.717, 1.165) is 11.1 Å². The van der Waals surface area contributed by atoms with Crippen molar-refractivity contribution in [2.24, 2.45) is 5.92 Å². The monoisotopic (exact) mass is 500 g/mol. The van der Waals surface area contributed by atoms with Crippen molar-refractivity contribution in [3.05, 3.63) is 82.9 Å². The van der Waals surface area contributed by atoms with Crippen molar-refractivity contribution in [3.8, 4) is 11.1 Å². The maximum atomic E-state index is 12.9. The number of aliphatic carboxylic acids is 1. The molecule has 3 aromatic rings. The molecule has 0 bridgehead atoms. The zero-order chi connectivity index (χ0) is 25.0. The first-order valence-electron chi connectivity index (χ1n) is 10.5. The number of anilines is 1. The van der Waals surface area contributed by atoms with Crippen LogP contribution in [0, 0.1) is 12.8 Å². The first kappa shape index (κ1) is 25.3. The number of carbonyl (C=O) groups excluding carboxylic acids is 1. The normalized spacial score (nSPS) is 12.3. The van der Waals surface area contributed by atoms with E-state index >= 15 is 0 Å². The molecule has 1 amide bonds. The molecular weight excluding hydrogens is 476 g/mol. The van der Waals surface area contributed by atoms with Crippen LogP contribution in [0.4, 0.5) is 5.69 Å². The van der Waals surface area contributed by atoms with Gasteiger partial charge in [-0.1, -0.05) is 55.8 Å². The molecule has 178 valence electrons. The van der Waals surface area contributed by atoms with Crippen LogP contribution in [0.1, 0.15) is 29.8 Å². The number of nitrogens with one attached hydrogen (secondary N) is 2. The van der Waals surface area contributed by atoms with Gasteiger partial charge in [0.15, 0.2) is 0 Å². The fraction of sp³-hybridized carbons (Fsp3) is 0.200. The Balaban J connectivity index is 1.80. The van der Waals surface area contributed by atoms with Gasteiger partial charge in [-0.3, -0.25) is 9.52 Å². The van der Waals surface area contributed by atoms with Crippen molar-refractivity contribution in [1.82, 2.24) is 5.32 Å². The third-order valence-electron chi connectivity index (χ3n) is 5.32. The second-order valence-electron chi connectivity index (χ2n) is 8.16. The van der Waals surface area contributed by atoms with Gasteiger partial charge in [-0.2, -0.15) is 0 Å². The van der Waals surface area contributed by atoms with E-state index in [9.17, 15) is 23.1 Å². The van der Waals surface area contributed by atoms with Gasteiger partial charge in [-0.05, 0) is 65.9 Å². The van der Waals surface area contributed by atoms with Gasteiger partial charge in [0.1, 0.15) is 6.04 Å². The summed E-state index contributed by atoms with van der Waals surface area (Å²) in [5.41, 5.74) is 2.66. The molecule has 0 aromatic heterocycles. The quantitative estimate of drug-likeness (QED) is 0.405. The van der Waals surface area contributed by atoms with E-state index in [2.05, 4.69) is 10.0 Å². The molecule has 7 nitrogen and oxygen atoms in total. The Hall–Kier alpha value is -3.36. The minimum atomic E-state index is -3.84. The molecule has 1 atom stereocenters. The molecule has 0 saturated heterocycles. The van der Waals surface area contributed by atoms with Crippen molar-refractivity contribution in [2.75, 3.05) is 4.72 Å². The van der Waals surface area contributed by atoms with Crippen LogP contribution in [0.15, 0.2) is 71.6 Å². The van der Waals surface area contributed by atoms with Crippen molar-refractivity contribution >= 4 is 39.2 Å². The molecule has 3 N–H and O–H groups in total. The second kappa shape index (κ2) is 10.3. The summed E-state index contributed by atoms with van der Waals surface area (Å²) in [6, 6.07) is 17.2. The molecule has 0 aliphatic carbocycles. The average molecular weight is 501 g/mol. The molecular formula is C25H25ClN2O5S. The number of rotatable bonds is 8. The van der Waals surface area contributed by atoms with Crippen molar-refractivity contribution < 1.29 is 23.1 Å². The van der Waals surface area contributed by atoms with Crippen LogP contribution in [0.2, 0.25) is 5.02 Å². The van der Waals surface area contributed by atoms with E-state index in [-0.39, 0.29) is 10.8 Å². The van der Waals surface area contributed by atoms with Gasteiger partial charge in [-0.25, -0.2) is 13.2 Å².